The maximum absolute atomic E-state index is 12.5. The molecule has 1 fully saturated rings. The van der Waals surface area contributed by atoms with Crippen LogP contribution >= 0.6 is 45.2 Å². The van der Waals surface area contributed by atoms with Crippen LogP contribution in [0.2, 0.25) is 0 Å². The van der Waals surface area contributed by atoms with Crippen molar-refractivity contribution < 1.29 is 9.53 Å². The lowest BCUT2D eigenvalue weighted by atomic mass is 10.1. The fourth-order valence-electron chi connectivity index (χ4n) is 1.75. The SMILES string of the molecule is O=C(c1ccccc1)C(I)(I)N1CCOCC1. The number of hydrogen-bond donors (Lipinski definition) is 0. The highest BCUT2D eigenvalue weighted by Crippen LogP contribution is 2.36. The molecule has 2 rings (SSSR count). The zero-order chi connectivity index (χ0) is 12.3. The van der Waals surface area contributed by atoms with Crippen LogP contribution in [0.5, 0.6) is 0 Å². The van der Waals surface area contributed by atoms with Gasteiger partial charge in [-0.1, -0.05) is 30.3 Å². The number of carbonyl (C=O) groups excluding carboxylic acids is 1. The number of hydrogen-bond acceptors (Lipinski definition) is 3. The molecule has 0 saturated carbocycles. The average molecular weight is 457 g/mol. The highest BCUT2D eigenvalue weighted by molar-refractivity contribution is 14.2. The molecule has 0 aliphatic carbocycles. The summed E-state index contributed by atoms with van der Waals surface area (Å²) in [7, 11) is 0. The minimum atomic E-state index is -0.513. The van der Waals surface area contributed by atoms with Gasteiger partial charge in [0.15, 0.2) is 1.55 Å². The molecule has 0 spiro atoms. The van der Waals surface area contributed by atoms with Gasteiger partial charge in [-0.3, -0.25) is 9.69 Å². The molecule has 0 N–H and O–H groups in total. The van der Waals surface area contributed by atoms with Gasteiger partial charge in [-0.25, -0.2) is 0 Å². The van der Waals surface area contributed by atoms with Crippen LogP contribution in [0.3, 0.4) is 0 Å². The summed E-state index contributed by atoms with van der Waals surface area (Å²) in [6.07, 6.45) is 0. The van der Waals surface area contributed by atoms with Crippen LogP contribution in [-0.2, 0) is 4.74 Å². The van der Waals surface area contributed by atoms with Gasteiger partial charge in [0.25, 0.3) is 0 Å². The Morgan fingerprint density at radius 1 is 1.18 bits per heavy atom. The van der Waals surface area contributed by atoms with E-state index >= 15 is 0 Å². The van der Waals surface area contributed by atoms with Crippen molar-refractivity contribution in [2.24, 2.45) is 0 Å². The molecule has 1 aliphatic rings. The van der Waals surface area contributed by atoms with Gasteiger partial charge in [0.05, 0.1) is 13.2 Å². The minimum absolute atomic E-state index is 0.154. The summed E-state index contributed by atoms with van der Waals surface area (Å²) < 4.78 is 4.81. The Morgan fingerprint density at radius 2 is 1.76 bits per heavy atom. The van der Waals surface area contributed by atoms with Crippen LogP contribution in [0.1, 0.15) is 10.4 Å². The summed E-state index contributed by atoms with van der Waals surface area (Å²) in [5, 5.41) is 0. The monoisotopic (exact) mass is 457 g/mol. The molecule has 17 heavy (non-hydrogen) atoms. The molecule has 1 aromatic carbocycles. The lowest BCUT2D eigenvalue weighted by Crippen LogP contribution is -2.50. The fraction of sp³-hybridized carbons (Fsp3) is 0.417. The van der Waals surface area contributed by atoms with Gasteiger partial charge in [-0.05, 0) is 45.2 Å². The molecule has 0 unspecified atom stereocenters. The third-order valence-corrected chi connectivity index (χ3v) is 5.06. The second-order valence-electron chi connectivity index (χ2n) is 3.84. The normalized spacial score (nSPS) is 18.0. The van der Waals surface area contributed by atoms with E-state index in [9.17, 15) is 4.79 Å². The summed E-state index contributed by atoms with van der Waals surface area (Å²) in [5.41, 5.74) is 0.766. The molecule has 1 aromatic rings. The van der Waals surface area contributed by atoms with Crippen molar-refractivity contribution in [1.82, 2.24) is 4.90 Å². The van der Waals surface area contributed by atoms with Gasteiger partial charge in [0.2, 0.25) is 5.78 Å². The number of halogens is 2. The van der Waals surface area contributed by atoms with Crippen molar-refractivity contribution >= 4 is 51.0 Å². The summed E-state index contributed by atoms with van der Waals surface area (Å²) in [5.74, 6) is 0.154. The Bertz CT molecular complexity index is 389. The van der Waals surface area contributed by atoms with Crippen molar-refractivity contribution in [2.75, 3.05) is 26.3 Å². The number of nitrogens with zero attached hydrogens (tertiary/aromatic N) is 1. The van der Waals surface area contributed by atoms with Crippen LogP contribution < -0.4 is 0 Å². The molecule has 92 valence electrons. The quantitative estimate of drug-likeness (QED) is 0.303. The van der Waals surface area contributed by atoms with Gasteiger partial charge in [-0.15, -0.1) is 0 Å². The summed E-state index contributed by atoms with van der Waals surface area (Å²) in [6.45, 7) is 3.03. The maximum atomic E-state index is 12.5. The zero-order valence-corrected chi connectivity index (χ0v) is 13.5. The van der Waals surface area contributed by atoms with Crippen molar-refractivity contribution in [1.29, 1.82) is 0 Å². The number of alkyl halides is 2. The summed E-state index contributed by atoms with van der Waals surface area (Å²) in [4.78, 5) is 14.6. The highest BCUT2D eigenvalue weighted by atomic mass is 127. The van der Waals surface area contributed by atoms with Crippen molar-refractivity contribution in [3.05, 3.63) is 35.9 Å². The number of carbonyl (C=O) groups is 1. The van der Waals surface area contributed by atoms with E-state index in [1.807, 2.05) is 30.3 Å². The van der Waals surface area contributed by atoms with E-state index in [2.05, 4.69) is 50.1 Å². The standard InChI is InChI=1S/C12H13I2NO2/c13-12(14,15-6-8-17-9-7-15)11(16)10-4-2-1-3-5-10/h1-5H,6-9H2. The lowest BCUT2D eigenvalue weighted by molar-refractivity contribution is 0.0317. The molecule has 0 bridgehead atoms. The molecule has 0 amide bonds. The van der Waals surface area contributed by atoms with Crippen LogP contribution in [0.4, 0.5) is 0 Å². The minimum Gasteiger partial charge on any atom is -0.379 e. The third-order valence-electron chi connectivity index (χ3n) is 2.72. The zero-order valence-electron chi connectivity index (χ0n) is 9.23. The van der Waals surface area contributed by atoms with Gasteiger partial charge >= 0.3 is 0 Å². The maximum Gasteiger partial charge on any atom is 0.203 e. The first-order valence-corrected chi connectivity index (χ1v) is 7.58. The number of benzene rings is 1. The molecule has 1 heterocycles. The topological polar surface area (TPSA) is 29.5 Å². The smallest absolute Gasteiger partial charge is 0.203 e. The Morgan fingerprint density at radius 3 is 2.35 bits per heavy atom. The third kappa shape index (κ3) is 3.18. The van der Waals surface area contributed by atoms with E-state index < -0.39 is 1.55 Å². The Kier molecular flexibility index (Phi) is 4.79. The first kappa shape index (κ1) is 13.7. The highest BCUT2D eigenvalue weighted by Gasteiger charge is 2.39. The average Bonchev–Trinajstić information content (AvgIpc) is 2.40. The molecular formula is C12H13I2NO2. The first-order valence-electron chi connectivity index (χ1n) is 5.43. The molecule has 1 saturated heterocycles. The van der Waals surface area contributed by atoms with E-state index in [0.717, 1.165) is 18.7 Å². The molecule has 5 heteroatoms. The molecule has 0 atom stereocenters. The van der Waals surface area contributed by atoms with Crippen molar-refractivity contribution in [2.45, 2.75) is 1.55 Å². The molecule has 0 aromatic heterocycles. The molecule has 1 aliphatic heterocycles. The lowest BCUT2D eigenvalue weighted by Gasteiger charge is -2.36. The van der Waals surface area contributed by atoms with Gasteiger partial charge in [0, 0.05) is 18.7 Å². The van der Waals surface area contributed by atoms with Crippen LogP contribution in [-0.4, -0.2) is 38.5 Å². The Balaban J connectivity index is 2.17. The van der Waals surface area contributed by atoms with E-state index in [-0.39, 0.29) is 5.78 Å². The number of ketones is 1. The second-order valence-corrected chi connectivity index (χ2v) is 9.02. The number of rotatable bonds is 3. The Labute approximate surface area is 128 Å². The summed E-state index contributed by atoms with van der Waals surface area (Å²) >= 11 is 4.46. The van der Waals surface area contributed by atoms with E-state index in [1.165, 1.54) is 0 Å². The van der Waals surface area contributed by atoms with E-state index in [4.69, 9.17) is 4.74 Å². The predicted octanol–water partition coefficient (Wildman–Crippen LogP) is 2.73. The van der Waals surface area contributed by atoms with E-state index in [1.54, 1.807) is 0 Å². The second kappa shape index (κ2) is 5.94. The van der Waals surface area contributed by atoms with Crippen molar-refractivity contribution in [3.63, 3.8) is 0 Å². The first-order chi connectivity index (χ1) is 8.12. The largest absolute Gasteiger partial charge is 0.379 e. The number of ether oxygens (including phenoxy) is 1. The van der Waals surface area contributed by atoms with Crippen LogP contribution in [0, 0.1) is 0 Å². The summed E-state index contributed by atoms with van der Waals surface area (Å²) in [6, 6.07) is 9.46. The fourth-order valence-corrected chi connectivity index (χ4v) is 3.34. The number of Topliss-reactive ketones (excluding diaryl/α,β-unsaturated/α-hetero) is 1. The van der Waals surface area contributed by atoms with Crippen LogP contribution in [0.15, 0.2) is 30.3 Å². The number of morpholine rings is 1. The van der Waals surface area contributed by atoms with Crippen LogP contribution in [0.25, 0.3) is 0 Å². The molecular weight excluding hydrogens is 444 g/mol. The molecule has 3 nitrogen and oxygen atoms in total. The van der Waals surface area contributed by atoms with Gasteiger partial charge < -0.3 is 4.74 Å². The van der Waals surface area contributed by atoms with E-state index in [0.29, 0.717) is 13.2 Å². The molecule has 0 radical (unpaired) electrons. The predicted molar refractivity (Wildman–Crippen MR) is 83.9 cm³/mol. The van der Waals surface area contributed by atoms with Crippen molar-refractivity contribution in [3.8, 4) is 0 Å². The van der Waals surface area contributed by atoms with Gasteiger partial charge in [-0.2, -0.15) is 0 Å². The Hall–Kier alpha value is 0.270. The van der Waals surface area contributed by atoms with Gasteiger partial charge in [0.1, 0.15) is 0 Å².